The number of benzene rings is 1. The van der Waals surface area contributed by atoms with E-state index in [1.807, 2.05) is 6.07 Å². The summed E-state index contributed by atoms with van der Waals surface area (Å²) in [6.07, 6.45) is 2.00. The van der Waals surface area contributed by atoms with Crippen LogP contribution in [-0.4, -0.2) is 45.7 Å². The van der Waals surface area contributed by atoms with Crippen LogP contribution in [0.3, 0.4) is 0 Å². The molecule has 0 spiro atoms. The molecule has 108 valence electrons. The number of amides is 1. The van der Waals surface area contributed by atoms with Crippen molar-refractivity contribution in [1.82, 2.24) is 4.90 Å². The number of rotatable bonds is 3. The van der Waals surface area contributed by atoms with Crippen LogP contribution in [0.5, 0.6) is 0 Å². The smallest absolute Gasteiger partial charge is 0.326 e. The van der Waals surface area contributed by atoms with Gasteiger partial charge in [-0.15, -0.1) is 0 Å². The SMILES string of the molecule is N#Cc1cccc(C=CC(=O)N2C[C@H](O)C[C@@H]2C(=O)O)c1. The van der Waals surface area contributed by atoms with E-state index in [2.05, 4.69) is 0 Å². The van der Waals surface area contributed by atoms with Crippen LogP contribution in [0.15, 0.2) is 30.3 Å². The molecule has 0 aliphatic carbocycles. The molecular weight excluding hydrogens is 272 g/mol. The highest BCUT2D eigenvalue weighted by Crippen LogP contribution is 2.19. The van der Waals surface area contributed by atoms with Crippen molar-refractivity contribution in [2.24, 2.45) is 0 Å². The van der Waals surface area contributed by atoms with Gasteiger partial charge in [-0.25, -0.2) is 4.79 Å². The predicted molar refractivity (Wildman–Crippen MR) is 74.0 cm³/mol. The number of aliphatic hydroxyl groups is 1. The molecule has 1 aromatic rings. The summed E-state index contributed by atoms with van der Waals surface area (Å²) in [6, 6.07) is 7.70. The lowest BCUT2D eigenvalue weighted by atomic mass is 10.1. The third-order valence-corrected chi connectivity index (χ3v) is 3.28. The fourth-order valence-electron chi connectivity index (χ4n) is 2.27. The van der Waals surface area contributed by atoms with E-state index in [9.17, 15) is 14.7 Å². The molecule has 1 aromatic carbocycles. The number of carbonyl (C=O) groups is 2. The minimum atomic E-state index is -1.13. The molecule has 1 fully saturated rings. The Morgan fingerprint density at radius 3 is 2.86 bits per heavy atom. The average molecular weight is 286 g/mol. The number of hydrogen-bond acceptors (Lipinski definition) is 4. The van der Waals surface area contributed by atoms with E-state index in [1.165, 1.54) is 12.2 Å². The van der Waals surface area contributed by atoms with E-state index in [4.69, 9.17) is 10.4 Å². The molecule has 0 unspecified atom stereocenters. The first-order chi connectivity index (χ1) is 10.0. The highest BCUT2D eigenvalue weighted by molar-refractivity contribution is 5.94. The Morgan fingerprint density at radius 1 is 1.43 bits per heavy atom. The largest absolute Gasteiger partial charge is 0.480 e. The number of aliphatic hydroxyl groups excluding tert-OH is 1. The number of likely N-dealkylation sites (tertiary alicyclic amines) is 1. The average Bonchev–Trinajstić information content (AvgIpc) is 2.87. The fraction of sp³-hybridized carbons (Fsp3) is 0.267. The molecule has 1 saturated heterocycles. The van der Waals surface area contributed by atoms with Gasteiger partial charge in [0.05, 0.1) is 17.7 Å². The van der Waals surface area contributed by atoms with Crippen molar-refractivity contribution in [3.8, 4) is 6.07 Å². The third kappa shape index (κ3) is 3.46. The summed E-state index contributed by atoms with van der Waals surface area (Å²) in [6.45, 7) is 0.0123. The molecule has 0 saturated carbocycles. The Kier molecular flexibility index (Phi) is 4.36. The maximum Gasteiger partial charge on any atom is 0.326 e. The number of nitriles is 1. The molecule has 6 heteroatoms. The van der Waals surface area contributed by atoms with Crippen LogP contribution in [0.4, 0.5) is 0 Å². The van der Waals surface area contributed by atoms with Crippen molar-refractivity contribution in [2.75, 3.05) is 6.54 Å². The molecule has 0 aromatic heterocycles. The zero-order valence-electron chi connectivity index (χ0n) is 11.1. The van der Waals surface area contributed by atoms with Crippen LogP contribution >= 0.6 is 0 Å². The monoisotopic (exact) mass is 286 g/mol. The standard InChI is InChI=1S/C15H14N2O4/c16-8-11-3-1-2-10(6-11)4-5-14(19)17-9-12(18)7-13(17)15(20)21/h1-6,12-13,18H,7,9H2,(H,20,21)/t12-,13-/m1/s1. The molecule has 2 atom stereocenters. The van der Waals surface area contributed by atoms with Crippen molar-refractivity contribution in [3.63, 3.8) is 0 Å². The zero-order chi connectivity index (χ0) is 15.4. The minimum absolute atomic E-state index is 0.0123. The molecule has 1 aliphatic heterocycles. The number of nitrogens with zero attached hydrogens (tertiary/aromatic N) is 2. The summed E-state index contributed by atoms with van der Waals surface area (Å²) >= 11 is 0. The molecule has 1 heterocycles. The molecule has 0 bridgehead atoms. The van der Waals surface area contributed by atoms with Crippen molar-refractivity contribution in [3.05, 3.63) is 41.5 Å². The maximum atomic E-state index is 12.0. The second kappa shape index (κ2) is 6.20. The van der Waals surface area contributed by atoms with Crippen molar-refractivity contribution < 1.29 is 19.8 Å². The van der Waals surface area contributed by atoms with E-state index in [-0.39, 0.29) is 13.0 Å². The molecule has 0 radical (unpaired) electrons. The highest BCUT2D eigenvalue weighted by Gasteiger charge is 2.37. The molecule has 21 heavy (non-hydrogen) atoms. The van der Waals surface area contributed by atoms with Gasteiger partial charge in [0.15, 0.2) is 0 Å². The Bertz CT molecular complexity index is 633. The highest BCUT2D eigenvalue weighted by atomic mass is 16.4. The van der Waals surface area contributed by atoms with Gasteiger partial charge in [-0.3, -0.25) is 4.79 Å². The van der Waals surface area contributed by atoms with Crippen LogP contribution in [0.1, 0.15) is 17.5 Å². The molecule has 1 amide bonds. The van der Waals surface area contributed by atoms with Crippen LogP contribution in [0, 0.1) is 11.3 Å². The van der Waals surface area contributed by atoms with E-state index in [1.54, 1.807) is 24.3 Å². The zero-order valence-corrected chi connectivity index (χ0v) is 11.1. The van der Waals surface area contributed by atoms with Crippen LogP contribution in [0.25, 0.3) is 6.08 Å². The van der Waals surface area contributed by atoms with Gasteiger partial charge in [-0.2, -0.15) is 5.26 Å². The topological polar surface area (TPSA) is 102 Å². The lowest BCUT2D eigenvalue weighted by molar-refractivity contribution is -0.146. The van der Waals surface area contributed by atoms with Gasteiger partial charge >= 0.3 is 5.97 Å². The summed E-state index contributed by atoms with van der Waals surface area (Å²) in [5.41, 5.74) is 1.15. The van der Waals surface area contributed by atoms with E-state index in [0.717, 1.165) is 4.90 Å². The van der Waals surface area contributed by atoms with Crippen LogP contribution < -0.4 is 0 Å². The maximum absolute atomic E-state index is 12.0. The minimum Gasteiger partial charge on any atom is -0.480 e. The first kappa shape index (κ1) is 14.8. The Morgan fingerprint density at radius 2 is 2.19 bits per heavy atom. The molecule has 1 aliphatic rings. The van der Waals surface area contributed by atoms with Gasteiger partial charge in [0.1, 0.15) is 6.04 Å². The Hall–Kier alpha value is -2.65. The van der Waals surface area contributed by atoms with E-state index < -0.39 is 24.0 Å². The van der Waals surface area contributed by atoms with Crippen LogP contribution in [-0.2, 0) is 9.59 Å². The quantitative estimate of drug-likeness (QED) is 0.793. The van der Waals surface area contributed by atoms with Crippen molar-refractivity contribution >= 4 is 18.0 Å². The first-order valence-corrected chi connectivity index (χ1v) is 6.41. The van der Waals surface area contributed by atoms with Gasteiger partial charge in [0, 0.05) is 19.0 Å². The predicted octanol–water partition coefficient (Wildman–Crippen LogP) is 0.618. The normalized spacial score (nSPS) is 21.4. The van der Waals surface area contributed by atoms with E-state index >= 15 is 0 Å². The first-order valence-electron chi connectivity index (χ1n) is 6.41. The summed E-state index contributed by atoms with van der Waals surface area (Å²) in [5, 5.41) is 27.3. The van der Waals surface area contributed by atoms with Crippen LogP contribution in [0.2, 0.25) is 0 Å². The summed E-state index contributed by atoms with van der Waals surface area (Å²) in [4.78, 5) is 24.2. The number of carbonyl (C=O) groups excluding carboxylic acids is 1. The second-order valence-electron chi connectivity index (χ2n) is 4.80. The number of carboxylic acid groups (broad SMARTS) is 1. The molecule has 2 N–H and O–H groups in total. The lowest BCUT2D eigenvalue weighted by Crippen LogP contribution is -2.39. The van der Waals surface area contributed by atoms with Gasteiger partial charge < -0.3 is 15.1 Å². The van der Waals surface area contributed by atoms with E-state index in [0.29, 0.717) is 11.1 Å². The third-order valence-electron chi connectivity index (χ3n) is 3.28. The number of hydrogen-bond donors (Lipinski definition) is 2. The Labute approximate surface area is 121 Å². The summed E-state index contributed by atoms with van der Waals surface area (Å²) < 4.78 is 0. The summed E-state index contributed by atoms with van der Waals surface area (Å²) in [5.74, 6) is -1.60. The van der Waals surface area contributed by atoms with Gasteiger partial charge in [0.25, 0.3) is 0 Å². The molecule has 6 nitrogen and oxygen atoms in total. The van der Waals surface area contributed by atoms with Crippen molar-refractivity contribution in [1.29, 1.82) is 5.26 Å². The number of carboxylic acids is 1. The van der Waals surface area contributed by atoms with Gasteiger partial charge in [-0.1, -0.05) is 12.1 Å². The lowest BCUT2D eigenvalue weighted by Gasteiger charge is -2.19. The number of β-amino-alcohol motifs (C(OH)–C–C–N with tert-alkyl or cyclic N) is 1. The second-order valence-corrected chi connectivity index (χ2v) is 4.80. The van der Waals surface area contributed by atoms with Crippen molar-refractivity contribution in [2.45, 2.75) is 18.6 Å². The Balaban J connectivity index is 2.11. The van der Waals surface area contributed by atoms with Gasteiger partial charge in [0.2, 0.25) is 5.91 Å². The molecule has 2 rings (SSSR count). The molecular formula is C15H14N2O4. The van der Waals surface area contributed by atoms with Gasteiger partial charge in [-0.05, 0) is 23.8 Å². The fourth-order valence-corrected chi connectivity index (χ4v) is 2.27. The number of aliphatic carboxylic acids is 1. The summed E-state index contributed by atoms with van der Waals surface area (Å²) in [7, 11) is 0.